The molecule has 0 aliphatic rings. The molecule has 0 unspecified atom stereocenters. The minimum Gasteiger partial charge on any atom is -0.325 e. The molecule has 1 N–H and O–H groups in total. The molecule has 0 atom stereocenters. The quantitative estimate of drug-likeness (QED) is 0.544. The first-order chi connectivity index (χ1) is 14.7. The summed E-state index contributed by atoms with van der Waals surface area (Å²) in [5.74, 6) is -1.10. The predicted molar refractivity (Wildman–Crippen MR) is 120 cm³/mol. The van der Waals surface area contributed by atoms with Crippen LogP contribution in [-0.2, 0) is 21.4 Å². The number of nitrogens with zero attached hydrogens (tertiary/aromatic N) is 1. The van der Waals surface area contributed by atoms with Gasteiger partial charge in [0.05, 0.1) is 11.4 Å². The molecule has 0 aromatic heterocycles. The van der Waals surface area contributed by atoms with E-state index in [1.54, 1.807) is 43.3 Å². The van der Waals surface area contributed by atoms with Gasteiger partial charge in [-0.2, -0.15) is 4.31 Å². The van der Waals surface area contributed by atoms with E-state index in [0.29, 0.717) is 16.3 Å². The van der Waals surface area contributed by atoms with Gasteiger partial charge in [0.25, 0.3) is 0 Å². The number of halogens is 2. The molecule has 31 heavy (non-hydrogen) atoms. The highest BCUT2D eigenvalue weighted by atomic mass is 35.5. The van der Waals surface area contributed by atoms with Crippen molar-refractivity contribution in [2.24, 2.45) is 0 Å². The number of sulfonamides is 1. The van der Waals surface area contributed by atoms with Gasteiger partial charge >= 0.3 is 0 Å². The maximum atomic E-state index is 14.2. The smallest absolute Gasteiger partial charge is 0.243 e. The van der Waals surface area contributed by atoms with Crippen molar-refractivity contribution >= 4 is 33.2 Å². The SMILES string of the molecule is Cc1ccc(S(=O)(=O)N(CC(=O)Nc2cccc(Cl)c2C)Cc2ccccc2F)cc1. The Bertz CT molecular complexity index is 1200. The van der Waals surface area contributed by atoms with Crippen molar-refractivity contribution in [3.8, 4) is 0 Å². The largest absolute Gasteiger partial charge is 0.325 e. The minimum atomic E-state index is -4.06. The van der Waals surface area contributed by atoms with Crippen molar-refractivity contribution in [2.75, 3.05) is 11.9 Å². The summed E-state index contributed by atoms with van der Waals surface area (Å²) in [4.78, 5) is 12.8. The first kappa shape index (κ1) is 22.9. The summed E-state index contributed by atoms with van der Waals surface area (Å²) in [6.07, 6.45) is 0. The minimum absolute atomic E-state index is 0.0289. The zero-order chi connectivity index (χ0) is 22.6. The molecule has 3 aromatic rings. The van der Waals surface area contributed by atoms with Crippen LogP contribution in [0.15, 0.2) is 71.6 Å². The number of anilines is 1. The second-order valence-electron chi connectivity index (χ2n) is 7.14. The third-order valence-electron chi connectivity index (χ3n) is 4.83. The van der Waals surface area contributed by atoms with Gasteiger partial charge in [-0.15, -0.1) is 0 Å². The van der Waals surface area contributed by atoms with Crippen molar-refractivity contribution in [2.45, 2.75) is 25.3 Å². The molecular weight excluding hydrogens is 439 g/mol. The van der Waals surface area contributed by atoms with E-state index < -0.39 is 28.3 Å². The molecular formula is C23H22ClFN2O3S. The summed E-state index contributed by atoms with van der Waals surface area (Å²) in [6, 6.07) is 17.2. The lowest BCUT2D eigenvalue weighted by molar-refractivity contribution is -0.116. The number of nitrogens with one attached hydrogen (secondary N) is 1. The van der Waals surface area contributed by atoms with E-state index in [9.17, 15) is 17.6 Å². The number of aryl methyl sites for hydroxylation is 1. The van der Waals surface area contributed by atoms with Gasteiger partial charge in [-0.1, -0.05) is 53.6 Å². The second kappa shape index (κ2) is 9.60. The molecule has 8 heteroatoms. The Morgan fingerprint density at radius 1 is 1.00 bits per heavy atom. The second-order valence-corrected chi connectivity index (χ2v) is 9.48. The molecule has 0 saturated carbocycles. The molecule has 5 nitrogen and oxygen atoms in total. The number of hydrogen-bond acceptors (Lipinski definition) is 3. The zero-order valence-electron chi connectivity index (χ0n) is 17.1. The van der Waals surface area contributed by atoms with Crippen LogP contribution in [0.3, 0.4) is 0 Å². The number of benzene rings is 3. The molecule has 3 aromatic carbocycles. The summed E-state index contributed by atoms with van der Waals surface area (Å²) in [5, 5.41) is 3.17. The maximum absolute atomic E-state index is 14.2. The van der Waals surface area contributed by atoms with Gasteiger partial charge < -0.3 is 5.32 Å². The lowest BCUT2D eigenvalue weighted by Crippen LogP contribution is -2.37. The number of carbonyl (C=O) groups is 1. The highest BCUT2D eigenvalue weighted by molar-refractivity contribution is 7.89. The van der Waals surface area contributed by atoms with E-state index in [1.165, 1.54) is 30.3 Å². The Morgan fingerprint density at radius 3 is 2.35 bits per heavy atom. The van der Waals surface area contributed by atoms with E-state index in [2.05, 4.69) is 5.32 Å². The highest BCUT2D eigenvalue weighted by Crippen LogP contribution is 2.24. The zero-order valence-corrected chi connectivity index (χ0v) is 18.7. The average Bonchev–Trinajstić information content (AvgIpc) is 2.73. The summed E-state index contributed by atoms with van der Waals surface area (Å²) < 4.78 is 41.7. The molecule has 3 rings (SSSR count). The van der Waals surface area contributed by atoms with Crippen molar-refractivity contribution in [3.63, 3.8) is 0 Å². The molecule has 0 aliphatic carbocycles. The van der Waals surface area contributed by atoms with Gasteiger partial charge in [-0.05, 0) is 49.7 Å². The van der Waals surface area contributed by atoms with Crippen LogP contribution in [0.25, 0.3) is 0 Å². The van der Waals surface area contributed by atoms with Gasteiger partial charge in [0.2, 0.25) is 15.9 Å². The van der Waals surface area contributed by atoms with E-state index >= 15 is 0 Å². The van der Waals surface area contributed by atoms with Gasteiger partial charge in [0.15, 0.2) is 0 Å². The van der Waals surface area contributed by atoms with Crippen LogP contribution in [-0.4, -0.2) is 25.2 Å². The van der Waals surface area contributed by atoms with Gasteiger partial charge in [0, 0.05) is 22.8 Å². The molecule has 0 saturated heterocycles. The number of carbonyl (C=O) groups excluding carboxylic acids is 1. The lowest BCUT2D eigenvalue weighted by atomic mass is 10.2. The topological polar surface area (TPSA) is 66.5 Å². The van der Waals surface area contributed by atoms with Crippen molar-refractivity contribution in [1.29, 1.82) is 0 Å². The lowest BCUT2D eigenvalue weighted by Gasteiger charge is -2.22. The van der Waals surface area contributed by atoms with Gasteiger partial charge in [0.1, 0.15) is 5.82 Å². The first-order valence-electron chi connectivity index (χ1n) is 9.53. The summed E-state index contributed by atoms with van der Waals surface area (Å²) in [6.45, 7) is 2.81. The summed E-state index contributed by atoms with van der Waals surface area (Å²) in [7, 11) is -4.06. The van der Waals surface area contributed by atoms with Crippen LogP contribution >= 0.6 is 11.6 Å². The third-order valence-corrected chi connectivity index (χ3v) is 7.04. The van der Waals surface area contributed by atoms with Crippen LogP contribution in [0.5, 0.6) is 0 Å². The fourth-order valence-electron chi connectivity index (χ4n) is 2.99. The van der Waals surface area contributed by atoms with Crippen LogP contribution in [0, 0.1) is 19.7 Å². The van der Waals surface area contributed by atoms with E-state index in [-0.39, 0.29) is 17.0 Å². The molecule has 1 amide bonds. The number of amides is 1. The first-order valence-corrected chi connectivity index (χ1v) is 11.4. The van der Waals surface area contributed by atoms with Crippen molar-refractivity contribution < 1.29 is 17.6 Å². The Morgan fingerprint density at radius 2 is 1.68 bits per heavy atom. The summed E-state index contributed by atoms with van der Waals surface area (Å²) in [5.41, 5.74) is 2.22. The molecule has 0 bridgehead atoms. The Labute approximate surface area is 186 Å². The van der Waals surface area contributed by atoms with Gasteiger partial charge in [-0.3, -0.25) is 4.79 Å². The highest BCUT2D eigenvalue weighted by Gasteiger charge is 2.28. The van der Waals surface area contributed by atoms with E-state index in [4.69, 9.17) is 11.6 Å². The predicted octanol–water partition coefficient (Wildman–Crippen LogP) is 4.93. The fraction of sp³-hybridized carbons (Fsp3) is 0.174. The molecule has 0 heterocycles. The fourth-order valence-corrected chi connectivity index (χ4v) is 4.54. The maximum Gasteiger partial charge on any atom is 0.243 e. The van der Waals surface area contributed by atoms with Crippen molar-refractivity contribution in [1.82, 2.24) is 4.31 Å². The van der Waals surface area contributed by atoms with E-state index in [1.807, 2.05) is 6.92 Å². The monoisotopic (exact) mass is 460 g/mol. The van der Waals surface area contributed by atoms with Crippen LogP contribution < -0.4 is 5.32 Å². The molecule has 0 spiro atoms. The summed E-state index contributed by atoms with van der Waals surface area (Å²) >= 11 is 6.09. The third kappa shape index (κ3) is 5.50. The Kier molecular flexibility index (Phi) is 7.10. The molecule has 162 valence electrons. The molecule has 0 fully saturated rings. The standard InChI is InChI=1S/C23H22ClFN2O3S/c1-16-10-12-19(13-11-16)31(29,30)27(14-18-6-3-4-8-21(18)25)15-23(28)26-22-9-5-7-20(24)17(22)2/h3-13H,14-15H2,1-2H3,(H,26,28). The van der Waals surface area contributed by atoms with Gasteiger partial charge in [-0.25, -0.2) is 12.8 Å². The number of rotatable bonds is 7. The normalized spacial score (nSPS) is 11.5. The molecule has 0 aliphatic heterocycles. The van der Waals surface area contributed by atoms with E-state index in [0.717, 1.165) is 9.87 Å². The number of hydrogen-bond donors (Lipinski definition) is 1. The molecule has 0 radical (unpaired) electrons. The van der Waals surface area contributed by atoms with Crippen LogP contribution in [0.4, 0.5) is 10.1 Å². The Balaban J connectivity index is 1.91. The van der Waals surface area contributed by atoms with Crippen LogP contribution in [0.1, 0.15) is 16.7 Å². The Hall–Kier alpha value is -2.74. The average molecular weight is 461 g/mol. The van der Waals surface area contributed by atoms with Crippen LogP contribution in [0.2, 0.25) is 5.02 Å². The van der Waals surface area contributed by atoms with Crippen molar-refractivity contribution in [3.05, 3.63) is 94.3 Å².